The highest BCUT2D eigenvalue weighted by Crippen LogP contribution is 2.32. The largest absolute Gasteiger partial charge is 0.497 e. The van der Waals surface area contributed by atoms with Crippen molar-refractivity contribution in [2.45, 2.75) is 0 Å². The average molecular weight is 476 g/mol. The Balaban J connectivity index is 1.35. The minimum Gasteiger partial charge on any atom is -0.497 e. The third-order valence-electron chi connectivity index (χ3n) is 6.04. The van der Waals surface area contributed by atoms with Crippen LogP contribution in [0.5, 0.6) is 17.2 Å². The number of hydrogen-bond acceptors (Lipinski definition) is 9. The highest BCUT2D eigenvalue weighted by atomic mass is 16.5. The molecule has 0 aliphatic carbocycles. The number of nitrogens with zero attached hydrogens (tertiary/aromatic N) is 7. The molecule has 0 N–H and O–H groups in total. The molecule has 180 valence electrons. The van der Waals surface area contributed by atoms with Gasteiger partial charge >= 0.3 is 0 Å². The molecular formula is C24H25N7O4. The normalized spacial score (nSPS) is 13.7. The first-order valence-corrected chi connectivity index (χ1v) is 11.1. The van der Waals surface area contributed by atoms with Gasteiger partial charge in [0, 0.05) is 26.2 Å². The molecule has 0 radical (unpaired) electrons. The van der Waals surface area contributed by atoms with Crippen LogP contribution in [0.15, 0.2) is 48.8 Å². The first-order chi connectivity index (χ1) is 17.1. The summed E-state index contributed by atoms with van der Waals surface area (Å²) in [6.07, 6.45) is 1.51. The smallest absolute Gasteiger partial charge is 0.257 e. The van der Waals surface area contributed by atoms with Gasteiger partial charge in [-0.15, -0.1) is 5.10 Å². The van der Waals surface area contributed by atoms with Gasteiger partial charge in [-0.3, -0.25) is 4.79 Å². The SMILES string of the molecule is COc1ccc(-n2nnc3c(N4CCN(C(=O)c5cccc(OC)c5OC)CC4)ncnc32)cc1. The fraction of sp³-hybridized carbons (Fsp3) is 0.292. The summed E-state index contributed by atoms with van der Waals surface area (Å²) in [5.74, 6) is 2.32. The van der Waals surface area contributed by atoms with Crippen molar-refractivity contribution in [2.75, 3.05) is 52.4 Å². The van der Waals surface area contributed by atoms with Gasteiger partial charge in [-0.05, 0) is 36.4 Å². The van der Waals surface area contributed by atoms with Crippen molar-refractivity contribution in [3.63, 3.8) is 0 Å². The molecule has 3 heterocycles. The van der Waals surface area contributed by atoms with Crippen LogP contribution in [0.1, 0.15) is 10.4 Å². The van der Waals surface area contributed by atoms with Gasteiger partial charge in [0.25, 0.3) is 5.91 Å². The van der Waals surface area contributed by atoms with E-state index in [1.165, 1.54) is 13.4 Å². The third-order valence-corrected chi connectivity index (χ3v) is 6.04. The van der Waals surface area contributed by atoms with Crippen molar-refractivity contribution >= 4 is 22.9 Å². The number of carbonyl (C=O) groups is 1. The van der Waals surface area contributed by atoms with Crippen LogP contribution in [-0.2, 0) is 0 Å². The van der Waals surface area contributed by atoms with Gasteiger partial charge in [0.15, 0.2) is 28.5 Å². The number of methoxy groups -OCH3 is 3. The molecule has 0 atom stereocenters. The Bertz CT molecular complexity index is 1350. The second kappa shape index (κ2) is 9.45. The highest BCUT2D eigenvalue weighted by molar-refractivity contribution is 5.98. The first kappa shape index (κ1) is 22.4. The fourth-order valence-electron chi connectivity index (χ4n) is 4.21. The van der Waals surface area contributed by atoms with Gasteiger partial charge in [0.1, 0.15) is 12.1 Å². The van der Waals surface area contributed by atoms with Crippen molar-refractivity contribution in [1.82, 2.24) is 29.9 Å². The number of carbonyl (C=O) groups excluding carboxylic acids is 1. The fourth-order valence-corrected chi connectivity index (χ4v) is 4.21. The monoisotopic (exact) mass is 475 g/mol. The van der Waals surface area contributed by atoms with E-state index in [-0.39, 0.29) is 5.91 Å². The van der Waals surface area contributed by atoms with E-state index in [0.717, 1.165) is 11.4 Å². The molecule has 1 aliphatic rings. The number of fused-ring (bicyclic) bond motifs is 1. The Morgan fingerprint density at radius 1 is 0.886 bits per heavy atom. The van der Waals surface area contributed by atoms with Crippen molar-refractivity contribution < 1.29 is 19.0 Å². The lowest BCUT2D eigenvalue weighted by Gasteiger charge is -2.35. The van der Waals surface area contributed by atoms with Crippen LogP contribution in [-0.4, -0.2) is 83.3 Å². The number of piperazine rings is 1. The molecule has 11 nitrogen and oxygen atoms in total. The molecule has 0 spiro atoms. The highest BCUT2D eigenvalue weighted by Gasteiger charge is 2.27. The van der Waals surface area contributed by atoms with Crippen molar-refractivity contribution in [3.05, 3.63) is 54.4 Å². The number of anilines is 1. The van der Waals surface area contributed by atoms with Gasteiger partial charge in [-0.1, -0.05) is 11.3 Å². The molecule has 0 saturated carbocycles. The summed E-state index contributed by atoms with van der Waals surface area (Å²) in [5.41, 5.74) is 2.52. The molecule has 1 saturated heterocycles. The zero-order valence-electron chi connectivity index (χ0n) is 19.7. The van der Waals surface area contributed by atoms with Crippen LogP contribution in [0.3, 0.4) is 0 Å². The molecule has 0 unspecified atom stereocenters. The molecule has 1 fully saturated rings. The van der Waals surface area contributed by atoms with E-state index in [4.69, 9.17) is 14.2 Å². The first-order valence-electron chi connectivity index (χ1n) is 11.1. The Labute approximate surface area is 201 Å². The second-order valence-electron chi connectivity index (χ2n) is 7.89. The lowest BCUT2D eigenvalue weighted by Crippen LogP contribution is -2.49. The minimum atomic E-state index is -0.0984. The van der Waals surface area contributed by atoms with Crippen LogP contribution >= 0.6 is 0 Å². The Morgan fingerprint density at radius 2 is 1.66 bits per heavy atom. The summed E-state index contributed by atoms with van der Waals surface area (Å²) < 4.78 is 17.7. The maximum Gasteiger partial charge on any atom is 0.257 e. The topological polar surface area (TPSA) is 108 Å². The van der Waals surface area contributed by atoms with Crippen molar-refractivity contribution in [1.29, 1.82) is 0 Å². The van der Waals surface area contributed by atoms with E-state index in [2.05, 4.69) is 25.2 Å². The lowest BCUT2D eigenvalue weighted by atomic mass is 10.1. The van der Waals surface area contributed by atoms with E-state index in [1.807, 2.05) is 24.3 Å². The van der Waals surface area contributed by atoms with E-state index in [0.29, 0.717) is 60.2 Å². The quantitative estimate of drug-likeness (QED) is 0.415. The number of ether oxygens (including phenoxy) is 3. The van der Waals surface area contributed by atoms with Gasteiger partial charge < -0.3 is 24.0 Å². The van der Waals surface area contributed by atoms with Gasteiger partial charge in [0.05, 0.1) is 32.6 Å². The van der Waals surface area contributed by atoms with Crippen LogP contribution in [0.2, 0.25) is 0 Å². The minimum absolute atomic E-state index is 0.0984. The Kier molecular flexibility index (Phi) is 6.04. The summed E-state index contributed by atoms with van der Waals surface area (Å²) in [5, 5.41) is 8.66. The maximum atomic E-state index is 13.2. The van der Waals surface area contributed by atoms with E-state index < -0.39 is 0 Å². The van der Waals surface area contributed by atoms with Crippen molar-refractivity contribution in [3.8, 4) is 22.9 Å². The molecular weight excluding hydrogens is 450 g/mol. The lowest BCUT2D eigenvalue weighted by molar-refractivity contribution is 0.0742. The van der Waals surface area contributed by atoms with Crippen molar-refractivity contribution in [2.24, 2.45) is 0 Å². The predicted octanol–water partition coefficient (Wildman–Crippen LogP) is 2.20. The Morgan fingerprint density at radius 3 is 2.34 bits per heavy atom. The third kappa shape index (κ3) is 4.05. The number of rotatable bonds is 6. The van der Waals surface area contributed by atoms with Crippen LogP contribution in [0.25, 0.3) is 16.9 Å². The molecule has 2 aromatic heterocycles. The van der Waals surface area contributed by atoms with E-state index in [9.17, 15) is 4.79 Å². The molecule has 1 amide bonds. The molecule has 1 aliphatic heterocycles. The second-order valence-corrected chi connectivity index (χ2v) is 7.89. The number of amides is 1. The summed E-state index contributed by atoms with van der Waals surface area (Å²) >= 11 is 0. The summed E-state index contributed by atoms with van der Waals surface area (Å²) in [4.78, 5) is 26.0. The zero-order valence-corrected chi connectivity index (χ0v) is 19.7. The number of hydrogen-bond donors (Lipinski definition) is 0. The molecule has 2 aromatic carbocycles. The standard InChI is InChI=1S/C24H25N7O4/c1-33-17-9-7-16(8-10-17)31-23-20(27-28-31)22(25-15-26-23)29-11-13-30(14-12-29)24(32)18-5-4-6-19(34-2)21(18)35-3/h4-10,15H,11-14H2,1-3H3. The van der Waals surface area contributed by atoms with Crippen LogP contribution in [0.4, 0.5) is 5.82 Å². The van der Waals surface area contributed by atoms with Gasteiger partial charge in [-0.25, -0.2) is 9.97 Å². The number of aromatic nitrogens is 5. The molecule has 4 aromatic rings. The van der Waals surface area contributed by atoms with Gasteiger partial charge in [0.2, 0.25) is 0 Å². The van der Waals surface area contributed by atoms with Crippen LogP contribution in [0, 0.1) is 0 Å². The summed E-state index contributed by atoms with van der Waals surface area (Å²) in [6, 6.07) is 12.8. The molecule has 35 heavy (non-hydrogen) atoms. The van der Waals surface area contributed by atoms with E-state index >= 15 is 0 Å². The number of benzene rings is 2. The Hall–Kier alpha value is -4.41. The zero-order chi connectivity index (χ0) is 24.4. The average Bonchev–Trinajstić information content (AvgIpc) is 3.36. The van der Waals surface area contributed by atoms with E-state index in [1.54, 1.807) is 42.0 Å². The number of para-hydroxylation sites is 1. The summed E-state index contributed by atoms with van der Waals surface area (Å²) in [6.45, 7) is 2.24. The van der Waals surface area contributed by atoms with Gasteiger partial charge in [-0.2, -0.15) is 4.68 Å². The maximum absolute atomic E-state index is 13.2. The predicted molar refractivity (Wildman–Crippen MR) is 129 cm³/mol. The van der Waals surface area contributed by atoms with Crippen LogP contribution < -0.4 is 19.1 Å². The molecule has 0 bridgehead atoms. The molecule has 5 rings (SSSR count). The molecule has 11 heteroatoms. The summed E-state index contributed by atoms with van der Waals surface area (Å²) in [7, 11) is 4.71.